The van der Waals surface area contributed by atoms with Gasteiger partial charge in [0.1, 0.15) is 10.1 Å². The molecule has 0 amide bonds. The molecule has 29 heavy (non-hydrogen) atoms. The Morgan fingerprint density at radius 3 is 1.69 bits per heavy atom. The number of unbranched alkanes of at least 4 members (excludes halogenated alkanes) is 2. The third-order valence-electron chi connectivity index (χ3n) is 4.99. The lowest BCUT2D eigenvalue weighted by Gasteiger charge is -2.21. The highest BCUT2D eigenvalue weighted by molar-refractivity contribution is 7.87. The van der Waals surface area contributed by atoms with Gasteiger partial charge in [-0.1, -0.05) is 66.2 Å². The van der Waals surface area contributed by atoms with Gasteiger partial charge in [0.05, 0.1) is 19.6 Å². The fraction of sp³-hybridized carbons (Fsp3) is 0.857. The molecular formula is C21H40O7S. The van der Waals surface area contributed by atoms with Crippen molar-refractivity contribution < 1.29 is 32.0 Å². The van der Waals surface area contributed by atoms with Crippen LogP contribution >= 0.6 is 0 Å². The third kappa shape index (κ3) is 13.5. The molecule has 0 spiro atoms. The molecule has 8 heteroatoms. The van der Waals surface area contributed by atoms with Gasteiger partial charge in [-0.3, -0.25) is 9.59 Å². The summed E-state index contributed by atoms with van der Waals surface area (Å²) < 4.78 is 44.6. The average Bonchev–Trinajstić information content (AvgIpc) is 2.65. The van der Waals surface area contributed by atoms with Crippen LogP contribution in [-0.2, 0) is 29.2 Å². The van der Waals surface area contributed by atoms with E-state index in [1.807, 2.05) is 13.8 Å². The lowest BCUT2D eigenvalue weighted by molar-refractivity contribution is -0.151. The topological polar surface area (TPSA) is 110 Å². The van der Waals surface area contributed by atoms with E-state index in [0.29, 0.717) is 0 Å². The summed E-state index contributed by atoms with van der Waals surface area (Å²) in [6.07, 6.45) is 6.58. The van der Waals surface area contributed by atoms with E-state index in [1.54, 1.807) is 0 Å². The lowest BCUT2D eigenvalue weighted by atomic mass is 10.0. The highest BCUT2D eigenvalue weighted by Crippen LogP contribution is 2.17. The molecule has 0 fully saturated rings. The van der Waals surface area contributed by atoms with Gasteiger partial charge >= 0.3 is 11.9 Å². The lowest BCUT2D eigenvalue weighted by Crippen LogP contribution is -2.35. The van der Waals surface area contributed by atoms with Crippen molar-refractivity contribution in [1.29, 1.82) is 0 Å². The first-order chi connectivity index (χ1) is 13.2. The second-order valence-corrected chi connectivity index (χ2v) is 8.89. The predicted octanol–water partition coefficient (Wildman–Crippen LogP) is 4.26. The van der Waals surface area contributed by atoms with Crippen LogP contribution in [0.3, 0.4) is 0 Å². The van der Waals surface area contributed by atoms with Gasteiger partial charge in [0.15, 0.2) is 5.25 Å². The third-order valence-corrected chi connectivity index (χ3v) is 6.05. The minimum atomic E-state index is -5.01. The molecule has 3 unspecified atom stereocenters. The highest BCUT2D eigenvalue weighted by atomic mass is 32.2. The molecule has 7 nitrogen and oxygen atoms in total. The number of ether oxygens (including phenoxy) is 2. The van der Waals surface area contributed by atoms with Crippen LogP contribution < -0.4 is 0 Å². The average molecular weight is 437 g/mol. The van der Waals surface area contributed by atoms with E-state index < -0.39 is 33.7 Å². The van der Waals surface area contributed by atoms with Gasteiger partial charge < -0.3 is 14.0 Å². The maximum atomic E-state index is 12.1. The Balaban J connectivity index is 0. The van der Waals surface area contributed by atoms with Crippen LogP contribution in [0.1, 0.15) is 85.5 Å². The van der Waals surface area contributed by atoms with Gasteiger partial charge in [0, 0.05) is 7.43 Å². The molecule has 0 aliphatic carbocycles. The fourth-order valence-electron chi connectivity index (χ4n) is 2.81. The second-order valence-electron chi connectivity index (χ2n) is 7.33. The van der Waals surface area contributed by atoms with Gasteiger partial charge in [0.2, 0.25) is 0 Å². The van der Waals surface area contributed by atoms with Crippen LogP contribution in [-0.4, -0.2) is 43.4 Å². The number of hydrogen-bond acceptors (Lipinski definition) is 7. The van der Waals surface area contributed by atoms with Crippen LogP contribution in [0.4, 0.5) is 0 Å². The Labute approximate surface area is 177 Å². The van der Waals surface area contributed by atoms with E-state index in [4.69, 9.17) is 9.47 Å². The van der Waals surface area contributed by atoms with Crippen molar-refractivity contribution >= 4 is 22.1 Å². The molecule has 0 saturated heterocycles. The van der Waals surface area contributed by atoms with Gasteiger partial charge in [-0.2, -0.15) is 0 Å². The molecule has 0 aliphatic rings. The normalized spacial score (nSPS) is 14.4. The first kappa shape index (κ1) is 29.9. The maximum absolute atomic E-state index is 12.1. The molecule has 0 aromatic carbocycles. The zero-order chi connectivity index (χ0) is 21.6. The molecule has 0 heterocycles. The Hall–Kier alpha value is -1.28. The van der Waals surface area contributed by atoms with Crippen molar-refractivity contribution in [2.45, 2.75) is 90.7 Å². The minimum absolute atomic E-state index is 0. The summed E-state index contributed by atoms with van der Waals surface area (Å²) in [5.74, 6) is -1.74. The first-order valence-electron chi connectivity index (χ1n) is 10.5. The van der Waals surface area contributed by atoms with E-state index in [9.17, 15) is 22.6 Å². The van der Waals surface area contributed by atoms with Crippen molar-refractivity contribution in [3.63, 3.8) is 0 Å². The number of carbonyl (C=O) groups excluding carboxylic acids is 2. The quantitative estimate of drug-likeness (QED) is 0.202. The van der Waals surface area contributed by atoms with Crippen molar-refractivity contribution in [3.8, 4) is 0 Å². The molecular weight excluding hydrogens is 396 g/mol. The highest BCUT2D eigenvalue weighted by Gasteiger charge is 2.31. The summed E-state index contributed by atoms with van der Waals surface area (Å²) in [7, 11) is -5.01. The van der Waals surface area contributed by atoms with Crippen LogP contribution in [0, 0.1) is 19.3 Å². The summed E-state index contributed by atoms with van der Waals surface area (Å²) in [6.45, 7) is 8.26. The van der Waals surface area contributed by atoms with E-state index in [2.05, 4.69) is 13.8 Å². The van der Waals surface area contributed by atoms with E-state index in [1.165, 1.54) is 0 Å². The molecule has 172 valence electrons. The molecule has 0 bridgehead atoms. The smallest absolute Gasteiger partial charge is 0.323 e. The summed E-state index contributed by atoms with van der Waals surface area (Å²) >= 11 is 0. The van der Waals surface area contributed by atoms with E-state index >= 15 is 0 Å². The fourth-order valence-corrected chi connectivity index (χ4v) is 3.46. The van der Waals surface area contributed by atoms with Gasteiger partial charge in [-0.05, 0) is 24.7 Å². The standard InChI is InChI=1S/C20H38O7S.CH3/c1-5-9-11-16(7-3)14-26-19(21)13-18(28(23,24)25)20(22)27-15-17(8-4)12-10-6-2;/h16-18H,5-15H2,1-4H3,(H,23,24,25);1H3/q;+1/p-1. The maximum Gasteiger partial charge on any atom is 0.323 e. The number of rotatable bonds is 16. The summed E-state index contributed by atoms with van der Waals surface area (Å²) in [5.41, 5.74) is 0. The van der Waals surface area contributed by atoms with Crippen LogP contribution in [0.5, 0.6) is 0 Å². The predicted molar refractivity (Wildman–Crippen MR) is 113 cm³/mol. The summed E-state index contributed by atoms with van der Waals surface area (Å²) in [4.78, 5) is 24.1. The Morgan fingerprint density at radius 2 is 1.31 bits per heavy atom. The summed E-state index contributed by atoms with van der Waals surface area (Å²) in [5, 5.41) is -2.06. The molecule has 0 aromatic rings. The molecule has 0 N–H and O–H groups in total. The Bertz CT molecular complexity index is 545. The number of esters is 2. The number of hydrogen-bond donors (Lipinski definition) is 0. The minimum Gasteiger partial charge on any atom is -0.747 e. The molecule has 3 atom stereocenters. The van der Waals surface area contributed by atoms with Gasteiger partial charge in [-0.15, -0.1) is 0 Å². The van der Waals surface area contributed by atoms with E-state index in [0.717, 1.165) is 51.4 Å². The van der Waals surface area contributed by atoms with Crippen molar-refractivity contribution in [1.82, 2.24) is 0 Å². The monoisotopic (exact) mass is 436 g/mol. The second kappa shape index (κ2) is 16.5. The summed E-state index contributed by atoms with van der Waals surface area (Å²) in [6, 6.07) is 0. The Morgan fingerprint density at radius 1 is 0.862 bits per heavy atom. The van der Waals surface area contributed by atoms with E-state index in [-0.39, 0.29) is 32.5 Å². The zero-order valence-corrected chi connectivity index (χ0v) is 19.6. The number of carbonyl (C=O) groups is 2. The SMILES string of the molecule is CCCCC(CC)COC(=O)CC(C(=O)OCC(CC)CCCC)S(=O)(=O)[O-].[CH3+]. The van der Waals surface area contributed by atoms with Crippen LogP contribution in [0.2, 0.25) is 0 Å². The van der Waals surface area contributed by atoms with Crippen molar-refractivity contribution in [3.05, 3.63) is 7.43 Å². The molecule has 0 rings (SSSR count). The van der Waals surface area contributed by atoms with Crippen molar-refractivity contribution in [2.24, 2.45) is 11.8 Å². The molecule has 0 aliphatic heterocycles. The zero-order valence-electron chi connectivity index (χ0n) is 18.8. The Kier molecular flexibility index (Phi) is 17.0. The van der Waals surface area contributed by atoms with Crippen LogP contribution in [0.25, 0.3) is 0 Å². The van der Waals surface area contributed by atoms with Gasteiger partial charge in [-0.25, -0.2) is 8.42 Å². The largest absolute Gasteiger partial charge is 0.747 e. The molecule has 0 saturated carbocycles. The first-order valence-corrected chi connectivity index (χ1v) is 11.9. The molecule has 0 aromatic heterocycles. The van der Waals surface area contributed by atoms with Gasteiger partial charge in [0.25, 0.3) is 0 Å². The van der Waals surface area contributed by atoms with Crippen LogP contribution in [0.15, 0.2) is 0 Å². The molecule has 0 radical (unpaired) electrons. The van der Waals surface area contributed by atoms with Crippen molar-refractivity contribution in [2.75, 3.05) is 13.2 Å².